The van der Waals surface area contributed by atoms with Crippen LogP contribution in [0.5, 0.6) is 11.5 Å². The average molecular weight is 257 g/mol. The van der Waals surface area contributed by atoms with Crippen molar-refractivity contribution in [2.75, 3.05) is 6.61 Å². The molecule has 1 atom stereocenters. The number of ketones is 1. The minimum absolute atomic E-state index is 0.00694. The maximum Gasteiger partial charge on any atom is 0.163 e. The predicted octanol–water partition coefficient (Wildman–Crippen LogP) is 2.62. The number of ether oxygens (including phenoxy) is 2. The van der Waals surface area contributed by atoms with E-state index in [9.17, 15) is 4.79 Å². The Hall–Kier alpha value is -2.28. The van der Waals surface area contributed by atoms with Crippen LogP contribution in [-0.2, 0) is 4.79 Å². The summed E-state index contributed by atoms with van der Waals surface area (Å²) in [5, 5.41) is 8.88. The molecule has 0 aliphatic carbocycles. The first-order valence-electron chi connectivity index (χ1n) is 6.05. The van der Waals surface area contributed by atoms with Crippen molar-refractivity contribution < 1.29 is 14.3 Å². The summed E-state index contributed by atoms with van der Waals surface area (Å²) in [5.74, 6) is 1.23. The summed E-state index contributed by atoms with van der Waals surface area (Å²) in [7, 11) is 0. The molecule has 1 unspecified atom stereocenters. The molecule has 2 rings (SSSR count). The lowest BCUT2D eigenvalue weighted by Gasteiger charge is -2.34. The molecular formula is C15H15NO3. The van der Waals surface area contributed by atoms with Crippen molar-refractivity contribution in [1.82, 2.24) is 0 Å². The van der Waals surface area contributed by atoms with Crippen LogP contribution in [0.1, 0.15) is 25.8 Å². The highest BCUT2D eigenvalue weighted by Gasteiger charge is 2.32. The number of allylic oxidation sites excluding steroid dienone is 1. The van der Waals surface area contributed by atoms with Gasteiger partial charge in [-0.3, -0.25) is 4.79 Å². The summed E-state index contributed by atoms with van der Waals surface area (Å²) in [5.41, 5.74) is 0.0124. The molecule has 0 radical (unpaired) electrons. The topological polar surface area (TPSA) is 59.3 Å². The van der Waals surface area contributed by atoms with Crippen molar-refractivity contribution in [3.63, 3.8) is 0 Å². The van der Waals surface area contributed by atoms with Gasteiger partial charge in [0, 0.05) is 12.5 Å². The molecule has 1 aromatic carbocycles. The molecule has 1 aliphatic rings. The Labute approximate surface area is 112 Å². The van der Waals surface area contributed by atoms with Crippen molar-refractivity contribution >= 4 is 5.78 Å². The predicted molar refractivity (Wildman–Crippen MR) is 70.1 cm³/mol. The SMILES string of the molecule is CC(=O)/C=C/CC1(C)COc2ccc(C#N)cc2O1. The molecule has 98 valence electrons. The van der Waals surface area contributed by atoms with Crippen molar-refractivity contribution in [2.45, 2.75) is 25.9 Å². The van der Waals surface area contributed by atoms with Crippen LogP contribution < -0.4 is 9.47 Å². The molecular weight excluding hydrogens is 242 g/mol. The maximum atomic E-state index is 10.9. The van der Waals surface area contributed by atoms with E-state index in [1.807, 2.05) is 6.92 Å². The highest BCUT2D eigenvalue weighted by atomic mass is 16.6. The molecule has 19 heavy (non-hydrogen) atoms. The lowest BCUT2D eigenvalue weighted by atomic mass is 10.0. The number of nitrogens with zero attached hydrogens (tertiary/aromatic N) is 1. The molecule has 0 saturated carbocycles. The number of carbonyl (C=O) groups excluding carboxylic acids is 1. The van der Waals surface area contributed by atoms with E-state index in [0.29, 0.717) is 30.1 Å². The van der Waals surface area contributed by atoms with Gasteiger partial charge in [0.1, 0.15) is 12.2 Å². The van der Waals surface area contributed by atoms with Gasteiger partial charge in [-0.2, -0.15) is 5.26 Å². The zero-order valence-electron chi connectivity index (χ0n) is 11.0. The van der Waals surface area contributed by atoms with Gasteiger partial charge in [0.05, 0.1) is 11.6 Å². The second kappa shape index (κ2) is 5.15. The van der Waals surface area contributed by atoms with E-state index in [0.717, 1.165) is 0 Å². The molecule has 0 bridgehead atoms. The van der Waals surface area contributed by atoms with Gasteiger partial charge in [0.2, 0.25) is 0 Å². The fourth-order valence-corrected chi connectivity index (χ4v) is 1.88. The summed E-state index contributed by atoms with van der Waals surface area (Å²) >= 11 is 0. The molecule has 0 spiro atoms. The molecule has 0 saturated heterocycles. The van der Waals surface area contributed by atoms with E-state index in [-0.39, 0.29) is 5.78 Å². The number of hydrogen-bond acceptors (Lipinski definition) is 4. The molecule has 0 N–H and O–H groups in total. The number of fused-ring (bicyclic) bond motifs is 1. The van der Waals surface area contributed by atoms with E-state index in [2.05, 4.69) is 6.07 Å². The fraction of sp³-hybridized carbons (Fsp3) is 0.333. The van der Waals surface area contributed by atoms with Crippen LogP contribution in [0.25, 0.3) is 0 Å². The van der Waals surface area contributed by atoms with Crippen LogP contribution >= 0.6 is 0 Å². The van der Waals surface area contributed by atoms with Crippen molar-refractivity contribution in [3.05, 3.63) is 35.9 Å². The Morgan fingerprint density at radius 1 is 1.53 bits per heavy atom. The molecule has 0 fully saturated rings. The highest BCUT2D eigenvalue weighted by molar-refractivity contribution is 5.87. The van der Waals surface area contributed by atoms with Gasteiger partial charge in [-0.25, -0.2) is 0 Å². The highest BCUT2D eigenvalue weighted by Crippen LogP contribution is 2.37. The summed E-state index contributed by atoms with van der Waals surface area (Å²) in [6.45, 7) is 3.83. The Morgan fingerprint density at radius 2 is 2.32 bits per heavy atom. The molecule has 0 amide bonds. The van der Waals surface area contributed by atoms with Crippen molar-refractivity contribution in [1.29, 1.82) is 5.26 Å². The monoisotopic (exact) mass is 257 g/mol. The van der Waals surface area contributed by atoms with E-state index in [1.165, 1.54) is 13.0 Å². The van der Waals surface area contributed by atoms with Gasteiger partial charge >= 0.3 is 0 Å². The van der Waals surface area contributed by atoms with Crippen molar-refractivity contribution in [2.24, 2.45) is 0 Å². The normalized spacial score (nSPS) is 21.1. The van der Waals surface area contributed by atoms with Crippen LogP contribution in [0, 0.1) is 11.3 Å². The number of benzene rings is 1. The third-order valence-electron chi connectivity index (χ3n) is 2.86. The Morgan fingerprint density at radius 3 is 3.00 bits per heavy atom. The summed E-state index contributed by atoms with van der Waals surface area (Å²) in [6.07, 6.45) is 3.88. The first-order valence-corrected chi connectivity index (χ1v) is 6.05. The van der Waals surface area contributed by atoms with Crippen molar-refractivity contribution in [3.8, 4) is 17.6 Å². The van der Waals surface area contributed by atoms with Gasteiger partial charge in [0.15, 0.2) is 17.3 Å². The number of hydrogen-bond donors (Lipinski definition) is 0. The van der Waals surface area contributed by atoms with Crippen LogP contribution in [-0.4, -0.2) is 18.0 Å². The minimum atomic E-state index is -0.521. The van der Waals surface area contributed by atoms with E-state index >= 15 is 0 Å². The van der Waals surface area contributed by atoms with Gasteiger partial charge in [-0.1, -0.05) is 6.08 Å². The van der Waals surface area contributed by atoms with E-state index < -0.39 is 5.60 Å². The van der Waals surface area contributed by atoms with Crippen LogP contribution in [0.4, 0.5) is 0 Å². The number of carbonyl (C=O) groups is 1. The third kappa shape index (κ3) is 3.14. The smallest absolute Gasteiger partial charge is 0.163 e. The Balaban J connectivity index is 2.16. The maximum absolute atomic E-state index is 10.9. The zero-order valence-corrected chi connectivity index (χ0v) is 11.0. The van der Waals surface area contributed by atoms with Gasteiger partial charge < -0.3 is 9.47 Å². The molecule has 1 aromatic rings. The van der Waals surface area contributed by atoms with Crippen LogP contribution in [0.2, 0.25) is 0 Å². The molecule has 4 nitrogen and oxygen atoms in total. The van der Waals surface area contributed by atoms with Gasteiger partial charge in [-0.05, 0) is 32.1 Å². The quantitative estimate of drug-likeness (QED) is 0.781. The third-order valence-corrected chi connectivity index (χ3v) is 2.86. The summed E-state index contributed by atoms with van der Waals surface area (Å²) < 4.78 is 11.5. The first kappa shape index (κ1) is 13.2. The standard InChI is InChI=1S/C15H15NO3/c1-11(17)4-3-7-15(2)10-18-13-6-5-12(9-16)8-14(13)19-15/h3-6,8H,7,10H2,1-2H3/b4-3+. The van der Waals surface area contributed by atoms with E-state index in [1.54, 1.807) is 24.3 Å². The zero-order chi connectivity index (χ0) is 13.9. The van der Waals surface area contributed by atoms with Crippen LogP contribution in [0.3, 0.4) is 0 Å². The summed E-state index contributed by atoms with van der Waals surface area (Å²) in [6, 6.07) is 7.17. The van der Waals surface area contributed by atoms with E-state index in [4.69, 9.17) is 14.7 Å². The molecule has 1 heterocycles. The first-order chi connectivity index (χ1) is 9.02. The Bertz CT molecular complexity index is 571. The second-order valence-corrected chi connectivity index (χ2v) is 4.83. The molecule has 1 aliphatic heterocycles. The molecule has 4 heteroatoms. The Kier molecular flexibility index (Phi) is 3.57. The average Bonchev–Trinajstić information content (AvgIpc) is 2.37. The second-order valence-electron chi connectivity index (χ2n) is 4.83. The largest absolute Gasteiger partial charge is 0.486 e. The van der Waals surface area contributed by atoms with Gasteiger partial charge in [-0.15, -0.1) is 0 Å². The number of rotatable bonds is 3. The van der Waals surface area contributed by atoms with Crippen LogP contribution in [0.15, 0.2) is 30.4 Å². The fourth-order valence-electron chi connectivity index (χ4n) is 1.88. The minimum Gasteiger partial charge on any atom is -0.486 e. The lowest BCUT2D eigenvalue weighted by molar-refractivity contribution is -0.112. The number of nitriles is 1. The molecule has 0 aromatic heterocycles. The lowest BCUT2D eigenvalue weighted by Crippen LogP contribution is -2.41. The van der Waals surface area contributed by atoms with Gasteiger partial charge in [0.25, 0.3) is 0 Å². The summed E-state index contributed by atoms with van der Waals surface area (Å²) in [4.78, 5) is 10.9.